The van der Waals surface area contributed by atoms with E-state index in [1.807, 2.05) is 68.4 Å². The highest BCUT2D eigenvalue weighted by molar-refractivity contribution is 6.01. The Labute approximate surface area is 176 Å². The number of carbonyl (C=O) groups excluding carboxylic acids is 2. The van der Waals surface area contributed by atoms with Gasteiger partial charge in [-0.1, -0.05) is 71.8 Å². The van der Waals surface area contributed by atoms with Crippen LogP contribution in [0.5, 0.6) is 5.75 Å². The molecule has 0 amide bonds. The van der Waals surface area contributed by atoms with Crippen molar-refractivity contribution >= 4 is 17.8 Å². The van der Waals surface area contributed by atoms with Crippen LogP contribution in [0, 0.1) is 13.8 Å². The van der Waals surface area contributed by atoms with E-state index in [0.29, 0.717) is 16.9 Å². The maximum Gasteiger partial charge on any atom is 0.331 e. The van der Waals surface area contributed by atoms with Gasteiger partial charge in [-0.3, -0.25) is 4.79 Å². The molecule has 0 N–H and O–H groups in total. The third-order valence-electron chi connectivity index (χ3n) is 4.69. The number of hydrogen-bond donors (Lipinski definition) is 0. The second-order valence-corrected chi connectivity index (χ2v) is 7.07. The molecule has 3 aromatic rings. The smallest absolute Gasteiger partial charge is 0.331 e. The Balaban J connectivity index is 1.83. The lowest BCUT2D eigenvalue weighted by Crippen LogP contribution is -2.19. The number of aryl methyl sites for hydroxylation is 2. The summed E-state index contributed by atoms with van der Waals surface area (Å²) in [4.78, 5) is 25.6. The van der Waals surface area contributed by atoms with Crippen molar-refractivity contribution in [3.8, 4) is 5.75 Å². The Morgan fingerprint density at radius 3 is 2.13 bits per heavy atom. The Bertz CT molecular complexity index is 1050. The van der Waals surface area contributed by atoms with Gasteiger partial charge >= 0.3 is 5.97 Å². The molecule has 0 saturated carbocycles. The number of methoxy groups -OCH3 is 1. The molecule has 4 heteroatoms. The minimum Gasteiger partial charge on any atom is -0.497 e. The van der Waals surface area contributed by atoms with Gasteiger partial charge in [-0.25, -0.2) is 4.79 Å². The van der Waals surface area contributed by atoms with Crippen LogP contribution in [0.25, 0.3) is 6.08 Å². The molecule has 0 unspecified atom stereocenters. The van der Waals surface area contributed by atoms with Gasteiger partial charge in [-0.2, -0.15) is 0 Å². The van der Waals surface area contributed by atoms with Crippen LogP contribution in [-0.2, 0) is 9.53 Å². The first kappa shape index (κ1) is 21.1. The fourth-order valence-corrected chi connectivity index (χ4v) is 2.95. The van der Waals surface area contributed by atoms with E-state index < -0.39 is 12.1 Å². The van der Waals surface area contributed by atoms with E-state index in [9.17, 15) is 9.59 Å². The topological polar surface area (TPSA) is 52.6 Å². The van der Waals surface area contributed by atoms with Crippen LogP contribution >= 0.6 is 0 Å². The van der Waals surface area contributed by atoms with Gasteiger partial charge in [0.2, 0.25) is 5.78 Å². The number of rotatable bonds is 7. The molecule has 0 aliphatic heterocycles. The molecule has 0 aliphatic rings. The van der Waals surface area contributed by atoms with Crippen molar-refractivity contribution in [2.75, 3.05) is 7.11 Å². The standard InChI is InChI=1S/C26H24O4/c1-18-7-12-21(13-8-18)25(28)26(22-14-9-19(2)10-15-22)30-24(27)16-11-20-5-4-6-23(17-20)29-3/h4-17,26H,1-3H3/b16-11+/t26-/m1/s1. The van der Waals surface area contributed by atoms with Gasteiger partial charge < -0.3 is 9.47 Å². The van der Waals surface area contributed by atoms with Crippen molar-refractivity contribution in [2.24, 2.45) is 0 Å². The third kappa shape index (κ3) is 5.45. The first-order valence-electron chi connectivity index (χ1n) is 9.66. The second-order valence-electron chi connectivity index (χ2n) is 7.07. The van der Waals surface area contributed by atoms with E-state index in [0.717, 1.165) is 16.7 Å². The Hall–Kier alpha value is -3.66. The van der Waals surface area contributed by atoms with Crippen LogP contribution < -0.4 is 4.74 Å². The average Bonchev–Trinajstić information content (AvgIpc) is 2.77. The molecule has 1 atom stereocenters. The van der Waals surface area contributed by atoms with Gasteiger partial charge in [0, 0.05) is 17.2 Å². The van der Waals surface area contributed by atoms with E-state index >= 15 is 0 Å². The molecule has 4 nitrogen and oxygen atoms in total. The summed E-state index contributed by atoms with van der Waals surface area (Å²) in [5.74, 6) is -0.163. The number of esters is 1. The number of ether oxygens (including phenoxy) is 2. The molecule has 152 valence electrons. The molecule has 3 aromatic carbocycles. The Kier molecular flexibility index (Phi) is 6.81. The second kappa shape index (κ2) is 9.70. The number of benzene rings is 3. The van der Waals surface area contributed by atoms with Gasteiger partial charge in [-0.15, -0.1) is 0 Å². The fourth-order valence-electron chi connectivity index (χ4n) is 2.95. The molecular weight excluding hydrogens is 376 g/mol. The predicted octanol–water partition coefficient (Wildman–Crippen LogP) is 5.49. The van der Waals surface area contributed by atoms with E-state index in [-0.39, 0.29) is 5.78 Å². The minimum absolute atomic E-state index is 0.262. The molecule has 30 heavy (non-hydrogen) atoms. The Morgan fingerprint density at radius 2 is 1.50 bits per heavy atom. The molecule has 0 aliphatic carbocycles. The van der Waals surface area contributed by atoms with E-state index in [1.54, 1.807) is 31.4 Å². The highest BCUT2D eigenvalue weighted by Gasteiger charge is 2.25. The summed E-state index contributed by atoms with van der Waals surface area (Å²) in [6.45, 7) is 3.92. The SMILES string of the molecule is COc1cccc(/C=C/C(=O)O[C@@H](C(=O)c2ccc(C)cc2)c2ccc(C)cc2)c1. The van der Waals surface area contributed by atoms with Gasteiger partial charge in [-0.05, 0) is 37.6 Å². The summed E-state index contributed by atoms with van der Waals surface area (Å²) >= 11 is 0. The summed E-state index contributed by atoms with van der Waals surface area (Å²) in [5.41, 5.74) is 4.04. The molecule has 0 radical (unpaired) electrons. The third-order valence-corrected chi connectivity index (χ3v) is 4.69. The van der Waals surface area contributed by atoms with E-state index in [1.165, 1.54) is 6.08 Å². The lowest BCUT2D eigenvalue weighted by atomic mass is 9.98. The summed E-state index contributed by atoms with van der Waals surface area (Å²) in [7, 11) is 1.58. The minimum atomic E-state index is -1.02. The van der Waals surface area contributed by atoms with Crippen LogP contribution in [0.3, 0.4) is 0 Å². The predicted molar refractivity (Wildman–Crippen MR) is 118 cm³/mol. The molecule has 0 aromatic heterocycles. The lowest BCUT2D eigenvalue weighted by Gasteiger charge is -2.17. The number of hydrogen-bond acceptors (Lipinski definition) is 4. The molecule has 0 bridgehead atoms. The normalized spacial score (nSPS) is 11.8. The number of Topliss-reactive ketones (excluding diaryl/α,β-unsaturated/α-hetero) is 1. The fraction of sp³-hybridized carbons (Fsp3) is 0.154. The van der Waals surface area contributed by atoms with Gasteiger partial charge in [0.25, 0.3) is 0 Å². The zero-order valence-corrected chi connectivity index (χ0v) is 17.3. The molecule has 0 spiro atoms. The van der Waals surface area contributed by atoms with Crippen LogP contribution in [0.1, 0.15) is 38.7 Å². The first-order chi connectivity index (χ1) is 14.5. The average molecular weight is 400 g/mol. The molecule has 0 saturated heterocycles. The number of carbonyl (C=O) groups is 2. The van der Waals surface area contributed by atoms with E-state index in [2.05, 4.69) is 0 Å². The summed E-state index contributed by atoms with van der Waals surface area (Å²) in [5, 5.41) is 0. The monoisotopic (exact) mass is 400 g/mol. The van der Waals surface area contributed by atoms with Crippen LogP contribution in [0.15, 0.2) is 78.9 Å². The maximum atomic E-state index is 13.1. The first-order valence-corrected chi connectivity index (χ1v) is 9.66. The van der Waals surface area contributed by atoms with Crippen molar-refractivity contribution in [1.82, 2.24) is 0 Å². The van der Waals surface area contributed by atoms with Crippen molar-refractivity contribution in [1.29, 1.82) is 0 Å². The van der Waals surface area contributed by atoms with Crippen molar-refractivity contribution in [3.05, 3.63) is 107 Å². The molecule has 0 heterocycles. The summed E-state index contributed by atoms with van der Waals surface area (Å²) < 4.78 is 10.8. The summed E-state index contributed by atoms with van der Waals surface area (Å²) in [6, 6.07) is 21.9. The molecule has 3 rings (SSSR count). The summed E-state index contributed by atoms with van der Waals surface area (Å²) in [6.07, 6.45) is 1.93. The van der Waals surface area contributed by atoms with Gasteiger partial charge in [0.1, 0.15) is 5.75 Å². The number of ketones is 1. The van der Waals surface area contributed by atoms with E-state index in [4.69, 9.17) is 9.47 Å². The highest BCUT2D eigenvalue weighted by Crippen LogP contribution is 2.24. The molecule has 0 fully saturated rings. The lowest BCUT2D eigenvalue weighted by molar-refractivity contribution is -0.141. The quantitative estimate of drug-likeness (QED) is 0.299. The maximum absolute atomic E-state index is 13.1. The Morgan fingerprint density at radius 1 is 0.867 bits per heavy atom. The van der Waals surface area contributed by atoms with Crippen LogP contribution in [0.2, 0.25) is 0 Å². The van der Waals surface area contributed by atoms with Crippen molar-refractivity contribution < 1.29 is 19.1 Å². The molecular formula is C26H24O4. The largest absolute Gasteiger partial charge is 0.497 e. The van der Waals surface area contributed by atoms with Crippen molar-refractivity contribution in [2.45, 2.75) is 20.0 Å². The zero-order valence-electron chi connectivity index (χ0n) is 17.3. The van der Waals surface area contributed by atoms with Gasteiger partial charge in [0.15, 0.2) is 6.10 Å². The van der Waals surface area contributed by atoms with Crippen molar-refractivity contribution in [3.63, 3.8) is 0 Å². The van der Waals surface area contributed by atoms with Crippen LogP contribution in [-0.4, -0.2) is 18.9 Å². The van der Waals surface area contributed by atoms with Crippen LogP contribution in [0.4, 0.5) is 0 Å². The zero-order chi connectivity index (χ0) is 21.5. The van der Waals surface area contributed by atoms with Gasteiger partial charge in [0.05, 0.1) is 7.11 Å². The highest BCUT2D eigenvalue weighted by atomic mass is 16.5.